The van der Waals surface area contributed by atoms with Gasteiger partial charge < -0.3 is 15.1 Å². The average molecular weight is 540 g/mol. The van der Waals surface area contributed by atoms with Crippen LogP contribution in [0.25, 0.3) is 0 Å². The summed E-state index contributed by atoms with van der Waals surface area (Å²) in [5.74, 6) is -2.38. The number of carboxylic acid groups (broad SMARTS) is 1. The number of halogens is 2. The number of carbonyl (C=O) groups is 2. The summed E-state index contributed by atoms with van der Waals surface area (Å²) in [5, 5.41) is 22.5. The number of aliphatic hydroxyl groups excluding tert-OH is 1. The molecule has 7 heteroatoms. The van der Waals surface area contributed by atoms with E-state index in [2.05, 4.69) is 17.0 Å². The summed E-state index contributed by atoms with van der Waals surface area (Å²) in [6, 6.07) is 10.2. The molecule has 210 valence electrons. The first-order valence-electron chi connectivity index (χ1n) is 14.3. The van der Waals surface area contributed by atoms with Gasteiger partial charge in [-0.1, -0.05) is 50.3 Å². The first-order chi connectivity index (χ1) is 18.3. The zero-order valence-corrected chi connectivity index (χ0v) is 23.0. The van der Waals surface area contributed by atoms with Crippen molar-refractivity contribution >= 4 is 11.8 Å². The van der Waals surface area contributed by atoms with E-state index in [0.717, 1.165) is 19.4 Å². The zero-order chi connectivity index (χ0) is 28.0. The summed E-state index contributed by atoms with van der Waals surface area (Å²) in [7, 11) is 0. The minimum absolute atomic E-state index is 0.0151. The lowest BCUT2D eigenvalue weighted by atomic mass is 9.39. The molecule has 3 saturated carbocycles. The molecule has 0 spiro atoms. The third-order valence-electron chi connectivity index (χ3n) is 12.1. The minimum atomic E-state index is -2.21. The van der Waals surface area contributed by atoms with Crippen molar-refractivity contribution in [1.29, 1.82) is 0 Å². The Morgan fingerprint density at radius 3 is 2.56 bits per heavy atom. The normalized spacial score (nSPS) is 46.7. The van der Waals surface area contributed by atoms with Gasteiger partial charge in [0.15, 0.2) is 11.5 Å². The summed E-state index contributed by atoms with van der Waals surface area (Å²) in [6.07, 6.45) is 3.00. The van der Waals surface area contributed by atoms with Gasteiger partial charge in [0.1, 0.15) is 6.17 Å². The molecule has 1 aromatic carbocycles. The lowest BCUT2D eigenvalue weighted by molar-refractivity contribution is -0.244. The van der Waals surface area contributed by atoms with Crippen LogP contribution in [0.4, 0.5) is 8.78 Å². The van der Waals surface area contributed by atoms with Gasteiger partial charge in [0.2, 0.25) is 0 Å². The lowest BCUT2D eigenvalue weighted by Crippen LogP contribution is -2.72. The van der Waals surface area contributed by atoms with Crippen molar-refractivity contribution in [2.45, 2.75) is 70.8 Å². The van der Waals surface area contributed by atoms with Gasteiger partial charge >= 0.3 is 5.97 Å². The number of aryl methyl sites for hydroxylation is 1. The summed E-state index contributed by atoms with van der Waals surface area (Å²) in [5.41, 5.74) is -5.26. The standard InChI is InChI=1S/C32H39F2NO4/c1-28-12-11-22(36)14-23(28)24(33)15-25-29(2)16-21-18-35(13-7-10-20-8-5-4-6-9-20)19-31(21,27(38)39)30(29,3)17-26(37)32(25,28)34/h4-6,8-9,11-12,14,21,24-26,37H,7,10,13,15-19H2,1-3H3,(H,38,39). The second-order valence-corrected chi connectivity index (χ2v) is 13.5. The zero-order valence-electron chi connectivity index (χ0n) is 23.0. The first kappa shape index (κ1) is 26.8. The largest absolute Gasteiger partial charge is 0.481 e. The molecule has 1 saturated heterocycles. The Morgan fingerprint density at radius 2 is 1.87 bits per heavy atom. The van der Waals surface area contributed by atoms with E-state index in [1.54, 1.807) is 6.92 Å². The van der Waals surface area contributed by atoms with Crippen LogP contribution in [-0.4, -0.2) is 64.4 Å². The van der Waals surface area contributed by atoms with E-state index in [-0.39, 0.29) is 30.1 Å². The van der Waals surface area contributed by atoms with Gasteiger partial charge in [-0.15, -0.1) is 0 Å². The Morgan fingerprint density at radius 1 is 1.15 bits per heavy atom. The highest BCUT2D eigenvalue weighted by Gasteiger charge is 2.82. The van der Waals surface area contributed by atoms with Crippen molar-refractivity contribution < 1.29 is 28.6 Å². The highest BCUT2D eigenvalue weighted by molar-refractivity contribution is 6.01. The van der Waals surface area contributed by atoms with Gasteiger partial charge in [-0.2, -0.15) is 0 Å². The van der Waals surface area contributed by atoms with E-state index in [9.17, 15) is 19.8 Å². The predicted molar refractivity (Wildman–Crippen MR) is 143 cm³/mol. The van der Waals surface area contributed by atoms with Gasteiger partial charge in [0.25, 0.3) is 0 Å². The lowest BCUT2D eigenvalue weighted by Gasteiger charge is -2.67. The average Bonchev–Trinajstić information content (AvgIpc) is 3.34. The highest BCUT2D eigenvalue weighted by atomic mass is 19.1. The number of aliphatic carboxylic acids is 1. The van der Waals surface area contributed by atoms with Crippen molar-refractivity contribution in [1.82, 2.24) is 4.90 Å². The van der Waals surface area contributed by atoms with Crippen LogP contribution in [0.3, 0.4) is 0 Å². The highest BCUT2D eigenvalue weighted by Crippen LogP contribution is 2.79. The molecule has 6 rings (SSSR count). The van der Waals surface area contributed by atoms with Crippen molar-refractivity contribution in [2.75, 3.05) is 19.6 Å². The molecule has 0 aromatic heterocycles. The number of aliphatic hydroxyl groups is 1. The van der Waals surface area contributed by atoms with E-state index in [0.29, 0.717) is 19.5 Å². The van der Waals surface area contributed by atoms with E-state index < -0.39 is 51.5 Å². The number of carboxylic acids is 1. The minimum Gasteiger partial charge on any atom is -0.481 e. The maximum atomic E-state index is 17.6. The number of alkyl halides is 2. The molecule has 4 aliphatic carbocycles. The van der Waals surface area contributed by atoms with Crippen LogP contribution < -0.4 is 0 Å². The fourth-order valence-corrected chi connectivity index (χ4v) is 10.0. The summed E-state index contributed by atoms with van der Waals surface area (Å²) >= 11 is 0. The number of likely N-dealkylation sites (tertiary alicyclic amines) is 1. The predicted octanol–water partition coefficient (Wildman–Crippen LogP) is 4.94. The molecule has 39 heavy (non-hydrogen) atoms. The SMILES string of the molecule is CC12C=CC(=O)C=C1C(F)CC1C3(C)CC4CN(CCCc5ccccc5)CC4(C(=O)O)C3(C)CC(O)C12F. The number of ketones is 1. The molecular weight excluding hydrogens is 500 g/mol. The third-order valence-corrected chi connectivity index (χ3v) is 12.1. The topological polar surface area (TPSA) is 77.8 Å². The van der Waals surface area contributed by atoms with Crippen LogP contribution in [0.2, 0.25) is 0 Å². The number of fused-ring (bicyclic) bond motifs is 7. The maximum Gasteiger partial charge on any atom is 0.311 e. The fraction of sp³-hybridized carbons (Fsp3) is 0.625. The molecule has 1 aliphatic heterocycles. The molecule has 4 fully saturated rings. The van der Waals surface area contributed by atoms with E-state index in [1.165, 1.54) is 23.8 Å². The van der Waals surface area contributed by atoms with Crippen LogP contribution in [0.15, 0.2) is 54.1 Å². The van der Waals surface area contributed by atoms with Crippen LogP contribution in [0, 0.1) is 33.5 Å². The van der Waals surface area contributed by atoms with Crippen molar-refractivity contribution in [2.24, 2.45) is 33.5 Å². The van der Waals surface area contributed by atoms with Crippen LogP contribution >= 0.6 is 0 Å². The van der Waals surface area contributed by atoms with Gasteiger partial charge in [-0.05, 0) is 85.6 Å². The van der Waals surface area contributed by atoms with Gasteiger partial charge in [-0.3, -0.25) is 9.59 Å². The Balaban J connectivity index is 1.34. The van der Waals surface area contributed by atoms with Crippen molar-refractivity contribution in [3.05, 3.63) is 59.7 Å². The molecule has 9 unspecified atom stereocenters. The van der Waals surface area contributed by atoms with Crippen LogP contribution in [0.5, 0.6) is 0 Å². The fourth-order valence-electron chi connectivity index (χ4n) is 10.0. The number of hydrogen-bond acceptors (Lipinski definition) is 4. The molecule has 0 bridgehead atoms. The summed E-state index contributed by atoms with van der Waals surface area (Å²) in [4.78, 5) is 27.6. The van der Waals surface area contributed by atoms with Crippen LogP contribution in [0.1, 0.15) is 52.0 Å². The number of carbonyl (C=O) groups excluding carboxylic acids is 1. The van der Waals surface area contributed by atoms with Gasteiger partial charge in [0.05, 0.1) is 11.5 Å². The number of hydrogen-bond donors (Lipinski definition) is 2. The molecular formula is C32H39F2NO4. The van der Waals surface area contributed by atoms with E-state index in [4.69, 9.17) is 0 Å². The van der Waals surface area contributed by atoms with E-state index in [1.807, 2.05) is 32.0 Å². The number of benzene rings is 1. The second kappa shape index (κ2) is 8.56. The summed E-state index contributed by atoms with van der Waals surface area (Å²) in [6.45, 7) is 7.17. The summed E-state index contributed by atoms with van der Waals surface area (Å²) < 4.78 is 33.4. The maximum absolute atomic E-state index is 17.6. The number of rotatable bonds is 5. The molecule has 2 N–H and O–H groups in total. The molecule has 1 aromatic rings. The van der Waals surface area contributed by atoms with Crippen molar-refractivity contribution in [3.8, 4) is 0 Å². The number of nitrogens with zero attached hydrogens (tertiary/aromatic N) is 1. The Hall–Kier alpha value is -2.38. The Bertz CT molecular complexity index is 1270. The molecule has 1 heterocycles. The third kappa shape index (κ3) is 3.23. The Labute approximate surface area is 229 Å². The molecule has 0 amide bonds. The van der Waals surface area contributed by atoms with Crippen LogP contribution in [-0.2, 0) is 16.0 Å². The molecule has 5 aliphatic rings. The quantitative estimate of drug-likeness (QED) is 0.554. The smallest absolute Gasteiger partial charge is 0.311 e. The van der Waals surface area contributed by atoms with Crippen molar-refractivity contribution in [3.63, 3.8) is 0 Å². The van der Waals surface area contributed by atoms with Gasteiger partial charge in [-0.25, -0.2) is 8.78 Å². The monoisotopic (exact) mass is 539 g/mol. The number of allylic oxidation sites excluding steroid dienone is 4. The first-order valence-corrected chi connectivity index (χ1v) is 14.3. The van der Waals surface area contributed by atoms with Gasteiger partial charge in [0, 0.05) is 24.4 Å². The van der Waals surface area contributed by atoms with E-state index >= 15 is 8.78 Å². The molecule has 9 atom stereocenters. The Kier molecular flexibility index (Phi) is 5.89. The molecule has 0 radical (unpaired) electrons. The second-order valence-electron chi connectivity index (χ2n) is 13.5. The molecule has 5 nitrogen and oxygen atoms in total.